The molecule has 0 aliphatic carbocycles. The molecule has 1 fully saturated rings. The highest BCUT2D eigenvalue weighted by Crippen LogP contribution is 2.25. The van der Waals surface area contributed by atoms with E-state index in [4.69, 9.17) is 16.3 Å². The maximum absolute atomic E-state index is 12.2. The van der Waals surface area contributed by atoms with Gasteiger partial charge in [-0.05, 0) is 37.0 Å². The minimum atomic E-state index is 0.0882. The quantitative estimate of drug-likeness (QED) is 0.679. The number of halogens is 1. The van der Waals surface area contributed by atoms with E-state index < -0.39 is 0 Å². The van der Waals surface area contributed by atoms with Gasteiger partial charge >= 0.3 is 0 Å². The standard InChI is InChI=1S/C19H25ClN4O2S/c1-26-12-2-9-21-18(25)15-7-10-24(11-8-15)19-22-17(23-27-19)13-14-3-5-16(20)6-4-14/h3-6,15H,2,7-13H2,1H3,(H,21,25). The van der Waals surface area contributed by atoms with E-state index in [9.17, 15) is 4.79 Å². The first kappa shape index (κ1) is 20.0. The number of anilines is 1. The number of aromatic nitrogens is 2. The summed E-state index contributed by atoms with van der Waals surface area (Å²) in [5.41, 5.74) is 1.15. The van der Waals surface area contributed by atoms with E-state index in [-0.39, 0.29) is 11.8 Å². The number of nitrogens with zero attached hydrogens (tertiary/aromatic N) is 3. The lowest BCUT2D eigenvalue weighted by molar-refractivity contribution is -0.125. The lowest BCUT2D eigenvalue weighted by Crippen LogP contribution is -2.40. The molecule has 1 saturated heterocycles. The Morgan fingerprint density at radius 3 is 2.78 bits per heavy atom. The Balaban J connectivity index is 1.46. The van der Waals surface area contributed by atoms with E-state index in [1.54, 1.807) is 7.11 Å². The van der Waals surface area contributed by atoms with Crippen molar-refractivity contribution in [2.24, 2.45) is 5.92 Å². The number of nitrogens with one attached hydrogen (secondary N) is 1. The normalized spacial score (nSPS) is 15.1. The van der Waals surface area contributed by atoms with Crippen LogP contribution in [0.1, 0.15) is 30.7 Å². The number of ether oxygens (including phenoxy) is 1. The molecule has 0 atom stereocenters. The van der Waals surface area contributed by atoms with Crippen molar-refractivity contribution in [1.82, 2.24) is 14.7 Å². The first-order chi connectivity index (χ1) is 13.2. The van der Waals surface area contributed by atoms with Crippen LogP contribution in [-0.4, -0.2) is 48.6 Å². The third kappa shape index (κ3) is 5.89. The third-order valence-corrected chi connectivity index (χ3v) is 5.76. The van der Waals surface area contributed by atoms with E-state index in [1.807, 2.05) is 24.3 Å². The second-order valence-corrected chi connectivity index (χ2v) is 7.86. The van der Waals surface area contributed by atoms with Crippen LogP contribution in [0.4, 0.5) is 5.13 Å². The fourth-order valence-corrected chi connectivity index (χ4v) is 4.00. The van der Waals surface area contributed by atoms with Crippen LogP contribution in [0.2, 0.25) is 5.02 Å². The van der Waals surface area contributed by atoms with Crippen molar-refractivity contribution in [3.8, 4) is 0 Å². The summed E-state index contributed by atoms with van der Waals surface area (Å²) < 4.78 is 9.49. The average Bonchev–Trinajstić information content (AvgIpc) is 3.15. The van der Waals surface area contributed by atoms with Crippen molar-refractivity contribution < 1.29 is 9.53 Å². The van der Waals surface area contributed by atoms with Gasteiger partial charge < -0.3 is 15.0 Å². The molecule has 0 bridgehead atoms. The van der Waals surface area contributed by atoms with Crippen molar-refractivity contribution in [2.45, 2.75) is 25.7 Å². The molecule has 1 aliphatic rings. The first-order valence-electron chi connectivity index (χ1n) is 9.24. The van der Waals surface area contributed by atoms with Gasteiger partial charge in [-0.15, -0.1) is 0 Å². The fraction of sp³-hybridized carbons (Fsp3) is 0.526. The molecule has 1 amide bonds. The largest absolute Gasteiger partial charge is 0.385 e. The summed E-state index contributed by atoms with van der Waals surface area (Å²) in [6.45, 7) is 3.03. The van der Waals surface area contributed by atoms with Gasteiger partial charge in [0.15, 0.2) is 0 Å². The molecule has 2 aromatic rings. The fourth-order valence-electron chi connectivity index (χ4n) is 3.14. The Bertz CT molecular complexity index is 730. The molecule has 0 spiro atoms. The molecular weight excluding hydrogens is 384 g/mol. The Morgan fingerprint density at radius 2 is 2.07 bits per heavy atom. The SMILES string of the molecule is COCCCNC(=O)C1CCN(c2nc(Cc3ccc(Cl)cc3)ns2)CC1. The molecule has 3 rings (SSSR count). The molecule has 1 aromatic carbocycles. The van der Waals surface area contributed by atoms with Crippen LogP contribution >= 0.6 is 23.1 Å². The molecule has 0 radical (unpaired) electrons. The Morgan fingerprint density at radius 1 is 1.33 bits per heavy atom. The van der Waals surface area contributed by atoms with Gasteiger partial charge in [-0.25, -0.2) is 4.98 Å². The van der Waals surface area contributed by atoms with Crippen molar-refractivity contribution in [1.29, 1.82) is 0 Å². The molecule has 1 aliphatic heterocycles. The van der Waals surface area contributed by atoms with Crippen LogP contribution in [0.25, 0.3) is 0 Å². The van der Waals surface area contributed by atoms with E-state index in [0.29, 0.717) is 19.6 Å². The molecule has 27 heavy (non-hydrogen) atoms. The molecule has 1 N–H and O–H groups in total. The number of benzene rings is 1. The Labute approximate surface area is 169 Å². The third-order valence-electron chi connectivity index (χ3n) is 4.69. The summed E-state index contributed by atoms with van der Waals surface area (Å²) in [7, 11) is 1.67. The van der Waals surface area contributed by atoms with Crippen LogP contribution in [0, 0.1) is 5.92 Å². The number of amides is 1. The van der Waals surface area contributed by atoms with Gasteiger partial charge in [0.2, 0.25) is 11.0 Å². The number of hydrogen-bond donors (Lipinski definition) is 1. The number of carbonyl (C=O) groups is 1. The molecular formula is C19H25ClN4O2S. The maximum atomic E-state index is 12.2. The molecule has 1 aromatic heterocycles. The van der Waals surface area contributed by atoms with Gasteiger partial charge in [0.05, 0.1) is 0 Å². The predicted molar refractivity (Wildman–Crippen MR) is 109 cm³/mol. The molecule has 0 saturated carbocycles. The summed E-state index contributed by atoms with van der Waals surface area (Å²) in [5.74, 6) is 1.08. The molecule has 2 heterocycles. The second kappa shape index (κ2) is 10.0. The summed E-state index contributed by atoms with van der Waals surface area (Å²) in [6.07, 6.45) is 3.25. The van der Waals surface area contributed by atoms with Crippen molar-refractivity contribution in [3.05, 3.63) is 40.7 Å². The number of methoxy groups -OCH3 is 1. The van der Waals surface area contributed by atoms with E-state index in [0.717, 1.165) is 53.9 Å². The summed E-state index contributed by atoms with van der Waals surface area (Å²) in [6, 6.07) is 7.77. The summed E-state index contributed by atoms with van der Waals surface area (Å²) in [5, 5.41) is 4.68. The summed E-state index contributed by atoms with van der Waals surface area (Å²) in [4.78, 5) is 19.1. The number of hydrogen-bond acceptors (Lipinski definition) is 6. The number of carbonyl (C=O) groups excluding carboxylic acids is 1. The predicted octanol–water partition coefficient (Wildman–Crippen LogP) is 3.15. The molecule has 0 unspecified atom stereocenters. The zero-order valence-corrected chi connectivity index (χ0v) is 17.1. The smallest absolute Gasteiger partial charge is 0.223 e. The van der Waals surface area contributed by atoms with Crippen molar-refractivity contribution >= 4 is 34.2 Å². The zero-order valence-electron chi connectivity index (χ0n) is 15.5. The van der Waals surface area contributed by atoms with E-state index in [2.05, 4.69) is 19.6 Å². The van der Waals surface area contributed by atoms with Gasteiger partial charge in [-0.1, -0.05) is 23.7 Å². The minimum absolute atomic E-state index is 0.0882. The zero-order chi connectivity index (χ0) is 19.1. The molecule has 6 nitrogen and oxygen atoms in total. The Kier molecular flexibility index (Phi) is 7.43. The van der Waals surface area contributed by atoms with Gasteiger partial charge in [0, 0.05) is 62.2 Å². The van der Waals surface area contributed by atoms with Crippen LogP contribution in [0.15, 0.2) is 24.3 Å². The highest BCUT2D eigenvalue weighted by molar-refractivity contribution is 7.09. The second-order valence-electron chi connectivity index (χ2n) is 6.70. The Hall–Kier alpha value is -1.70. The van der Waals surface area contributed by atoms with Gasteiger partial charge in [-0.3, -0.25) is 4.79 Å². The van der Waals surface area contributed by atoms with Gasteiger partial charge in [0.1, 0.15) is 5.82 Å². The van der Waals surface area contributed by atoms with E-state index in [1.165, 1.54) is 11.5 Å². The van der Waals surface area contributed by atoms with Crippen molar-refractivity contribution in [2.75, 3.05) is 38.3 Å². The molecule has 8 heteroatoms. The lowest BCUT2D eigenvalue weighted by atomic mass is 9.96. The molecule has 146 valence electrons. The topological polar surface area (TPSA) is 67.3 Å². The van der Waals surface area contributed by atoms with Crippen LogP contribution in [0.3, 0.4) is 0 Å². The lowest BCUT2D eigenvalue weighted by Gasteiger charge is -2.30. The van der Waals surface area contributed by atoms with Crippen LogP contribution in [0.5, 0.6) is 0 Å². The monoisotopic (exact) mass is 408 g/mol. The maximum Gasteiger partial charge on any atom is 0.223 e. The van der Waals surface area contributed by atoms with Crippen LogP contribution < -0.4 is 10.2 Å². The number of rotatable bonds is 8. The van der Waals surface area contributed by atoms with Crippen LogP contribution in [-0.2, 0) is 16.0 Å². The van der Waals surface area contributed by atoms with E-state index >= 15 is 0 Å². The average molecular weight is 409 g/mol. The number of piperidine rings is 1. The highest BCUT2D eigenvalue weighted by Gasteiger charge is 2.26. The van der Waals surface area contributed by atoms with Gasteiger partial charge in [-0.2, -0.15) is 4.37 Å². The summed E-state index contributed by atoms with van der Waals surface area (Å²) >= 11 is 7.36. The first-order valence-corrected chi connectivity index (χ1v) is 10.4. The van der Waals surface area contributed by atoms with Crippen molar-refractivity contribution in [3.63, 3.8) is 0 Å². The minimum Gasteiger partial charge on any atom is -0.385 e. The highest BCUT2D eigenvalue weighted by atomic mass is 35.5. The van der Waals surface area contributed by atoms with Gasteiger partial charge in [0.25, 0.3) is 0 Å².